The maximum atomic E-state index is 14.0. The van der Waals surface area contributed by atoms with Crippen LogP contribution >= 0.6 is 11.8 Å². The number of nitrogens with zero attached hydrogens (tertiary/aromatic N) is 3. The molecule has 15 heteroatoms. The zero-order valence-electron chi connectivity index (χ0n) is 20.0. The Labute approximate surface area is 217 Å². The third kappa shape index (κ3) is 6.69. The lowest BCUT2D eigenvalue weighted by molar-refractivity contribution is -0.144. The van der Waals surface area contributed by atoms with E-state index in [9.17, 15) is 45.4 Å². The molecule has 38 heavy (non-hydrogen) atoms. The third-order valence-electron chi connectivity index (χ3n) is 5.64. The minimum absolute atomic E-state index is 0.00355. The molecular weight excluding hydrogens is 545 g/mol. The van der Waals surface area contributed by atoms with Crippen LogP contribution in [-0.4, -0.2) is 67.7 Å². The zero-order valence-corrected chi connectivity index (χ0v) is 20.8. The Kier molecular flexibility index (Phi) is 8.83. The first-order valence-electron chi connectivity index (χ1n) is 11.1. The minimum Gasteiger partial charge on any atom is -0.390 e. The molecule has 2 N–H and O–H groups in total. The molecule has 2 aromatic carbocycles. The van der Waals surface area contributed by atoms with Crippen molar-refractivity contribution in [1.82, 2.24) is 10.2 Å². The van der Waals surface area contributed by atoms with Gasteiger partial charge in [0.1, 0.15) is 5.82 Å². The number of carbonyl (C=O) groups excluding carboxylic acids is 2. The molecule has 0 spiro atoms. The van der Waals surface area contributed by atoms with Crippen LogP contribution in [0.25, 0.3) is 0 Å². The molecule has 3 amide bonds. The Morgan fingerprint density at radius 3 is 2.29 bits per heavy atom. The number of hydrogen-bond donors (Lipinski definition) is 2. The van der Waals surface area contributed by atoms with E-state index in [-0.39, 0.29) is 49.7 Å². The second kappa shape index (κ2) is 11.4. The number of carbonyl (C=O) groups is 2. The molecule has 1 unspecified atom stereocenters. The lowest BCUT2D eigenvalue weighted by Gasteiger charge is -2.26. The number of amides is 3. The van der Waals surface area contributed by atoms with E-state index in [2.05, 4.69) is 5.32 Å². The Morgan fingerprint density at radius 2 is 1.74 bits per heavy atom. The first-order chi connectivity index (χ1) is 17.6. The molecule has 1 atom stereocenters. The van der Waals surface area contributed by atoms with Gasteiger partial charge < -0.3 is 20.2 Å². The van der Waals surface area contributed by atoms with Crippen molar-refractivity contribution in [2.24, 2.45) is 0 Å². The molecule has 0 saturated carbocycles. The van der Waals surface area contributed by atoms with E-state index in [1.165, 1.54) is 19.2 Å². The molecule has 0 aliphatic carbocycles. The van der Waals surface area contributed by atoms with Gasteiger partial charge in [-0.2, -0.15) is 26.3 Å². The molecule has 0 radical (unpaired) electrons. The smallest absolute Gasteiger partial charge is 0.390 e. The van der Waals surface area contributed by atoms with Gasteiger partial charge in [0.05, 0.1) is 27.8 Å². The van der Waals surface area contributed by atoms with Crippen molar-refractivity contribution in [1.29, 1.82) is 0 Å². The van der Waals surface area contributed by atoms with E-state index in [0.29, 0.717) is 6.07 Å². The normalized spacial score (nSPS) is 15.3. The fourth-order valence-electron chi connectivity index (χ4n) is 3.75. The summed E-state index contributed by atoms with van der Waals surface area (Å²) in [6.07, 6.45) is -11.5. The summed E-state index contributed by atoms with van der Waals surface area (Å²) in [6.45, 7) is -0.475. The number of hydrogen-bond acceptors (Lipinski definition) is 5. The number of nitrogens with one attached hydrogen (secondary N) is 1. The fourth-order valence-corrected chi connectivity index (χ4v) is 4.73. The number of rotatable bonds is 7. The van der Waals surface area contributed by atoms with Gasteiger partial charge in [-0.15, -0.1) is 0 Å². The summed E-state index contributed by atoms with van der Waals surface area (Å²) in [6, 6.07) is 3.81. The second-order valence-corrected chi connectivity index (χ2v) is 9.32. The molecule has 1 fully saturated rings. The summed E-state index contributed by atoms with van der Waals surface area (Å²) < 4.78 is 96.1. The van der Waals surface area contributed by atoms with Crippen molar-refractivity contribution in [2.45, 2.75) is 23.4 Å². The summed E-state index contributed by atoms with van der Waals surface area (Å²) in [7, 11) is 2.75. The molecular formula is C23H23F7N4O3S. The standard InChI is InChI=1S/C23H23F7N4O3S/c1-31-11-16(35)12-33-7-8-34(20(33)36)18-10-13(22(25,26)27)9-17(23(28,29)30)19(18)38-21(37)32(2)15-5-3-14(24)4-6-15/h3-6,9-10,16,31,35H,7-8,11-12H2,1-2H3. The zero-order chi connectivity index (χ0) is 28.4. The lowest BCUT2D eigenvalue weighted by Crippen LogP contribution is -2.40. The molecule has 1 aliphatic heterocycles. The van der Waals surface area contributed by atoms with Crippen LogP contribution in [-0.2, 0) is 12.4 Å². The quantitative estimate of drug-likeness (QED) is 0.362. The molecule has 3 rings (SSSR count). The van der Waals surface area contributed by atoms with E-state index >= 15 is 0 Å². The largest absolute Gasteiger partial charge is 0.417 e. The van der Waals surface area contributed by atoms with E-state index in [1.54, 1.807) is 7.05 Å². The summed E-state index contributed by atoms with van der Waals surface area (Å²) in [5.74, 6) is -0.622. The number of aliphatic hydroxyl groups is 1. The summed E-state index contributed by atoms with van der Waals surface area (Å²) in [5, 5.41) is 11.7. The first kappa shape index (κ1) is 29.5. The topological polar surface area (TPSA) is 76.1 Å². The first-order valence-corrected chi connectivity index (χ1v) is 11.9. The van der Waals surface area contributed by atoms with Crippen molar-refractivity contribution in [3.05, 3.63) is 53.3 Å². The van der Waals surface area contributed by atoms with Crippen LogP contribution in [0.5, 0.6) is 0 Å². The van der Waals surface area contributed by atoms with Gasteiger partial charge in [0, 0.05) is 38.9 Å². The number of urea groups is 1. The molecule has 7 nitrogen and oxygen atoms in total. The maximum Gasteiger partial charge on any atom is 0.417 e. The number of likely N-dealkylation sites (N-methyl/N-ethyl adjacent to an activating group) is 1. The van der Waals surface area contributed by atoms with Crippen LogP contribution < -0.4 is 15.1 Å². The number of benzene rings is 2. The molecule has 1 aliphatic rings. The van der Waals surface area contributed by atoms with Gasteiger partial charge in [-0.05, 0) is 55.2 Å². The summed E-state index contributed by atoms with van der Waals surface area (Å²) in [5.41, 5.74) is -4.01. The molecule has 0 bridgehead atoms. The monoisotopic (exact) mass is 568 g/mol. The van der Waals surface area contributed by atoms with E-state index < -0.39 is 57.3 Å². The van der Waals surface area contributed by atoms with Crippen molar-refractivity contribution in [3.63, 3.8) is 0 Å². The maximum absolute atomic E-state index is 14.0. The van der Waals surface area contributed by atoms with Crippen LogP contribution in [0, 0.1) is 5.82 Å². The Balaban J connectivity index is 2.08. The minimum atomic E-state index is -5.31. The van der Waals surface area contributed by atoms with Gasteiger partial charge in [0.15, 0.2) is 0 Å². The lowest BCUT2D eigenvalue weighted by atomic mass is 10.1. The highest BCUT2D eigenvalue weighted by Crippen LogP contribution is 2.47. The third-order valence-corrected chi connectivity index (χ3v) is 6.72. The van der Waals surface area contributed by atoms with Crippen LogP contribution in [0.1, 0.15) is 11.1 Å². The van der Waals surface area contributed by atoms with Crippen LogP contribution in [0.2, 0.25) is 0 Å². The highest BCUT2D eigenvalue weighted by atomic mass is 32.2. The predicted octanol–water partition coefficient (Wildman–Crippen LogP) is 5.03. The molecule has 1 saturated heterocycles. The SMILES string of the molecule is CNCC(O)CN1CCN(c2cc(C(F)(F)F)cc(C(F)(F)F)c2SC(=O)N(C)c2ccc(F)cc2)C1=O. The Morgan fingerprint density at radius 1 is 1.11 bits per heavy atom. The number of thioether (sulfide) groups is 1. The van der Waals surface area contributed by atoms with Crippen LogP contribution in [0.15, 0.2) is 41.3 Å². The number of halogens is 7. The Hall–Kier alpha value is -3.04. The average Bonchev–Trinajstić information content (AvgIpc) is 3.17. The summed E-state index contributed by atoms with van der Waals surface area (Å²) in [4.78, 5) is 27.8. The molecule has 0 aromatic heterocycles. The van der Waals surface area contributed by atoms with Gasteiger partial charge in [-0.25, -0.2) is 9.18 Å². The van der Waals surface area contributed by atoms with Gasteiger partial charge >= 0.3 is 18.4 Å². The van der Waals surface area contributed by atoms with Gasteiger partial charge in [0.2, 0.25) is 0 Å². The van der Waals surface area contributed by atoms with Gasteiger partial charge in [-0.1, -0.05) is 0 Å². The van der Waals surface area contributed by atoms with Crippen LogP contribution in [0.3, 0.4) is 0 Å². The molecule has 1 heterocycles. The second-order valence-electron chi connectivity index (χ2n) is 8.36. The average molecular weight is 569 g/mol. The highest BCUT2D eigenvalue weighted by Gasteiger charge is 2.43. The predicted molar refractivity (Wildman–Crippen MR) is 127 cm³/mol. The van der Waals surface area contributed by atoms with E-state index in [1.807, 2.05) is 0 Å². The van der Waals surface area contributed by atoms with Crippen molar-refractivity contribution in [2.75, 3.05) is 50.1 Å². The highest BCUT2D eigenvalue weighted by molar-refractivity contribution is 8.14. The van der Waals surface area contributed by atoms with Gasteiger partial charge in [-0.3, -0.25) is 9.69 Å². The van der Waals surface area contributed by atoms with Crippen molar-refractivity contribution < 1.29 is 45.4 Å². The van der Waals surface area contributed by atoms with Gasteiger partial charge in [0.25, 0.3) is 5.24 Å². The Bertz CT molecular complexity index is 1180. The summed E-state index contributed by atoms with van der Waals surface area (Å²) >= 11 is -0.00355. The van der Waals surface area contributed by atoms with E-state index in [0.717, 1.165) is 26.8 Å². The molecule has 2 aromatic rings. The van der Waals surface area contributed by atoms with E-state index in [4.69, 9.17) is 0 Å². The molecule has 208 valence electrons. The fraction of sp³-hybridized carbons (Fsp3) is 0.391. The number of anilines is 2. The van der Waals surface area contributed by atoms with Crippen molar-refractivity contribution >= 4 is 34.4 Å². The number of alkyl halides is 6. The number of aliphatic hydroxyl groups excluding tert-OH is 1. The van der Waals surface area contributed by atoms with Crippen LogP contribution in [0.4, 0.5) is 51.7 Å². The van der Waals surface area contributed by atoms with Crippen molar-refractivity contribution in [3.8, 4) is 0 Å². The number of β-amino-alcohol motifs (C(OH)–C–C–N with tert-alkyl or cyclic N) is 1.